The Bertz CT molecular complexity index is 252. The molecule has 0 saturated heterocycles. The van der Waals surface area contributed by atoms with E-state index in [9.17, 15) is 9.59 Å². The Balaban J connectivity index is 4.12. The third-order valence-corrected chi connectivity index (χ3v) is 2.51. The van der Waals surface area contributed by atoms with Crippen molar-refractivity contribution in [1.29, 1.82) is 0 Å². The number of carboxylic acids is 1. The van der Waals surface area contributed by atoms with Crippen LogP contribution in [0.15, 0.2) is 0 Å². The van der Waals surface area contributed by atoms with Gasteiger partial charge < -0.3 is 14.9 Å². The number of nitrogens with zero attached hydrogens (tertiary/aromatic N) is 2. The molecule has 0 saturated carbocycles. The zero-order valence-electron chi connectivity index (χ0n) is 11.3. The number of carbonyl (C=O) groups is 2. The van der Waals surface area contributed by atoms with E-state index in [4.69, 9.17) is 5.11 Å². The number of amides is 1. The molecule has 0 rings (SSSR count). The molecule has 0 atom stereocenters. The van der Waals surface area contributed by atoms with Gasteiger partial charge in [0.15, 0.2) is 0 Å². The maximum atomic E-state index is 11.9. The van der Waals surface area contributed by atoms with Gasteiger partial charge in [-0.05, 0) is 34.4 Å². The molecule has 0 aliphatic heterocycles. The first kappa shape index (κ1) is 15.9. The van der Waals surface area contributed by atoms with E-state index in [1.807, 2.05) is 32.8 Å². The second-order valence-electron chi connectivity index (χ2n) is 4.73. The summed E-state index contributed by atoms with van der Waals surface area (Å²) < 4.78 is 0. The molecule has 5 nitrogen and oxygen atoms in total. The molecule has 100 valence electrons. The highest BCUT2D eigenvalue weighted by atomic mass is 16.4. The van der Waals surface area contributed by atoms with E-state index in [-0.39, 0.29) is 18.4 Å². The number of rotatable bonds is 8. The van der Waals surface area contributed by atoms with Crippen molar-refractivity contribution in [3.8, 4) is 0 Å². The topological polar surface area (TPSA) is 60.9 Å². The summed E-state index contributed by atoms with van der Waals surface area (Å²) in [7, 11) is 3.86. The summed E-state index contributed by atoms with van der Waals surface area (Å²) in [6, 6.07) is 0.124. The van der Waals surface area contributed by atoms with Gasteiger partial charge in [-0.3, -0.25) is 9.59 Å². The zero-order valence-corrected chi connectivity index (χ0v) is 11.3. The summed E-state index contributed by atoms with van der Waals surface area (Å²) in [5, 5.41) is 8.57. The van der Waals surface area contributed by atoms with Crippen LogP contribution in [0.4, 0.5) is 0 Å². The van der Waals surface area contributed by atoms with E-state index in [1.165, 1.54) is 0 Å². The van der Waals surface area contributed by atoms with E-state index in [1.54, 1.807) is 4.90 Å². The maximum Gasteiger partial charge on any atom is 0.303 e. The minimum atomic E-state index is -0.811. The van der Waals surface area contributed by atoms with Gasteiger partial charge in [0.05, 0.1) is 0 Å². The average Bonchev–Trinajstić information content (AvgIpc) is 2.20. The molecule has 0 aromatic heterocycles. The van der Waals surface area contributed by atoms with Crippen molar-refractivity contribution >= 4 is 11.9 Å². The minimum Gasteiger partial charge on any atom is -0.481 e. The van der Waals surface area contributed by atoms with Crippen molar-refractivity contribution in [2.24, 2.45) is 0 Å². The fourth-order valence-electron chi connectivity index (χ4n) is 1.53. The largest absolute Gasteiger partial charge is 0.481 e. The second kappa shape index (κ2) is 8.06. The van der Waals surface area contributed by atoms with Gasteiger partial charge in [0.2, 0.25) is 5.91 Å². The number of hydrogen-bond donors (Lipinski definition) is 1. The van der Waals surface area contributed by atoms with E-state index >= 15 is 0 Å². The van der Waals surface area contributed by atoms with Gasteiger partial charge in [0.25, 0.3) is 0 Å². The molecule has 0 spiro atoms. The number of aliphatic carboxylic acids is 1. The summed E-state index contributed by atoms with van der Waals surface area (Å²) >= 11 is 0. The Morgan fingerprint density at radius 3 is 2.12 bits per heavy atom. The highest BCUT2D eigenvalue weighted by Gasteiger charge is 2.16. The van der Waals surface area contributed by atoms with Crippen molar-refractivity contribution in [2.75, 3.05) is 27.2 Å². The van der Waals surface area contributed by atoms with Gasteiger partial charge in [0, 0.05) is 32.0 Å². The third-order valence-electron chi connectivity index (χ3n) is 2.51. The number of hydrogen-bond acceptors (Lipinski definition) is 3. The number of carbonyl (C=O) groups excluding carboxylic acids is 1. The van der Waals surface area contributed by atoms with Gasteiger partial charge in [-0.15, -0.1) is 0 Å². The predicted molar refractivity (Wildman–Crippen MR) is 66.9 cm³/mol. The fourth-order valence-corrected chi connectivity index (χ4v) is 1.53. The molecule has 0 fully saturated rings. The van der Waals surface area contributed by atoms with Crippen LogP contribution >= 0.6 is 0 Å². The Hall–Kier alpha value is -1.10. The lowest BCUT2D eigenvalue weighted by atomic mass is 10.2. The highest BCUT2D eigenvalue weighted by molar-refractivity contribution is 5.76. The monoisotopic (exact) mass is 244 g/mol. The van der Waals surface area contributed by atoms with Gasteiger partial charge in [-0.1, -0.05) is 0 Å². The second-order valence-corrected chi connectivity index (χ2v) is 4.73. The summed E-state index contributed by atoms with van der Waals surface area (Å²) in [5.41, 5.74) is 0. The molecular formula is C12H24N2O3. The van der Waals surface area contributed by atoms with Crippen molar-refractivity contribution < 1.29 is 14.7 Å². The minimum absolute atomic E-state index is 0.0964. The summed E-state index contributed by atoms with van der Waals surface area (Å²) in [4.78, 5) is 26.1. The van der Waals surface area contributed by atoms with Crippen molar-refractivity contribution in [3.05, 3.63) is 0 Å². The molecule has 0 bridgehead atoms. The summed E-state index contributed by atoms with van der Waals surface area (Å²) in [5.74, 6) is -0.714. The predicted octanol–water partition coefficient (Wildman–Crippen LogP) is 1.04. The normalized spacial score (nSPS) is 10.9. The standard InChI is InChI=1S/C12H24N2O3/c1-10(2)14(8-5-6-12(16)17)11(15)7-9-13(3)4/h10H,5-9H2,1-4H3,(H,16,17). The number of carboxylic acid groups (broad SMARTS) is 1. The Kier molecular flexibility index (Phi) is 7.54. The lowest BCUT2D eigenvalue weighted by molar-refractivity contribution is -0.138. The van der Waals surface area contributed by atoms with Gasteiger partial charge in [0.1, 0.15) is 0 Å². The zero-order chi connectivity index (χ0) is 13.4. The molecular weight excluding hydrogens is 220 g/mol. The van der Waals surface area contributed by atoms with E-state index in [0.717, 1.165) is 6.54 Å². The molecule has 17 heavy (non-hydrogen) atoms. The van der Waals surface area contributed by atoms with Crippen LogP contribution in [0.5, 0.6) is 0 Å². The molecule has 1 N–H and O–H groups in total. The van der Waals surface area contributed by atoms with Crippen LogP contribution < -0.4 is 0 Å². The molecule has 0 aromatic rings. The van der Waals surface area contributed by atoms with Gasteiger partial charge >= 0.3 is 5.97 Å². The lowest BCUT2D eigenvalue weighted by Gasteiger charge is -2.27. The fraction of sp³-hybridized carbons (Fsp3) is 0.833. The first-order chi connectivity index (χ1) is 7.84. The van der Waals surface area contributed by atoms with Crippen molar-refractivity contribution in [2.45, 2.75) is 39.2 Å². The summed E-state index contributed by atoms with van der Waals surface area (Å²) in [6.07, 6.45) is 1.11. The van der Waals surface area contributed by atoms with E-state index < -0.39 is 5.97 Å². The van der Waals surface area contributed by atoms with Crippen LogP contribution in [0.3, 0.4) is 0 Å². The smallest absolute Gasteiger partial charge is 0.303 e. The highest BCUT2D eigenvalue weighted by Crippen LogP contribution is 2.05. The molecule has 0 aliphatic rings. The van der Waals surface area contributed by atoms with Crippen LogP contribution in [-0.2, 0) is 9.59 Å². The van der Waals surface area contributed by atoms with E-state index in [2.05, 4.69) is 0 Å². The average molecular weight is 244 g/mol. The van der Waals surface area contributed by atoms with Crippen LogP contribution in [0.1, 0.15) is 33.1 Å². The molecule has 0 aromatic carbocycles. The lowest BCUT2D eigenvalue weighted by Crippen LogP contribution is -2.39. The molecule has 0 aliphatic carbocycles. The first-order valence-corrected chi connectivity index (χ1v) is 6.00. The Morgan fingerprint density at radius 2 is 1.71 bits per heavy atom. The van der Waals surface area contributed by atoms with Crippen LogP contribution in [0.25, 0.3) is 0 Å². The quantitative estimate of drug-likeness (QED) is 0.693. The van der Waals surface area contributed by atoms with Crippen LogP contribution in [0, 0.1) is 0 Å². The third kappa shape index (κ3) is 7.74. The van der Waals surface area contributed by atoms with Gasteiger partial charge in [-0.25, -0.2) is 0 Å². The summed E-state index contributed by atoms with van der Waals surface area (Å²) in [6.45, 7) is 5.15. The Morgan fingerprint density at radius 1 is 1.12 bits per heavy atom. The van der Waals surface area contributed by atoms with E-state index in [0.29, 0.717) is 19.4 Å². The SMILES string of the molecule is CC(C)N(CCCC(=O)O)C(=O)CCN(C)C. The van der Waals surface area contributed by atoms with Crippen LogP contribution in [0.2, 0.25) is 0 Å². The molecule has 0 heterocycles. The molecule has 0 unspecified atom stereocenters. The van der Waals surface area contributed by atoms with Gasteiger partial charge in [-0.2, -0.15) is 0 Å². The Labute approximate surface area is 103 Å². The molecule has 0 radical (unpaired) electrons. The van der Waals surface area contributed by atoms with Crippen molar-refractivity contribution in [1.82, 2.24) is 9.80 Å². The molecule has 5 heteroatoms. The first-order valence-electron chi connectivity index (χ1n) is 6.00. The van der Waals surface area contributed by atoms with Crippen molar-refractivity contribution in [3.63, 3.8) is 0 Å². The molecule has 1 amide bonds. The maximum absolute atomic E-state index is 11.9. The van der Waals surface area contributed by atoms with Crippen LogP contribution in [-0.4, -0.2) is 60.0 Å².